The number of aryl methyl sites for hydroxylation is 2. The Morgan fingerprint density at radius 2 is 2.19 bits per heavy atom. The van der Waals surface area contributed by atoms with Crippen molar-refractivity contribution in [3.63, 3.8) is 0 Å². The Morgan fingerprint density at radius 1 is 1.50 bits per heavy atom. The van der Waals surface area contributed by atoms with Gasteiger partial charge in [0.1, 0.15) is 5.52 Å². The molecule has 16 heavy (non-hydrogen) atoms. The van der Waals surface area contributed by atoms with Crippen LogP contribution in [0.15, 0.2) is 12.1 Å². The number of hydrogen-bond donors (Lipinski definition) is 1. The summed E-state index contributed by atoms with van der Waals surface area (Å²) in [4.78, 5) is 11.0. The molecule has 0 aliphatic heterocycles. The van der Waals surface area contributed by atoms with Crippen molar-refractivity contribution in [2.45, 2.75) is 19.8 Å². The second-order valence-electron chi connectivity index (χ2n) is 3.92. The maximum Gasteiger partial charge on any atom is 0.310 e. The molecule has 1 aromatic heterocycles. The van der Waals surface area contributed by atoms with Crippen molar-refractivity contribution >= 4 is 17.0 Å². The second-order valence-corrected chi connectivity index (χ2v) is 3.92. The zero-order chi connectivity index (χ0) is 11.9. The SMILES string of the molecule is Cc1c(C(C)C(=O)O)ccc2c1nnn2C. The molecule has 0 spiro atoms. The lowest BCUT2D eigenvalue weighted by Crippen LogP contribution is -2.09. The Bertz CT molecular complexity index is 560. The first-order chi connectivity index (χ1) is 7.52. The predicted molar refractivity (Wildman–Crippen MR) is 59.3 cm³/mol. The number of carboxylic acids is 1. The first kappa shape index (κ1) is 10.6. The molecule has 1 atom stereocenters. The average Bonchev–Trinajstić information content (AvgIpc) is 2.61. The van der Waals surface area contributed by atoms with Gasteiger partial charge >= 0.3 is 5.97 Å². The molecule has 5 nitrogen and oxygen atoms in total. The van der Waals surface area contributed by atoms with E-state index in [0.717, 1.165) is 22.2 Å². The zero-order valence-electron chi connectivity index (χ0n) is 9.43. The van der Waals surface area contributed by atoms with Crippen LogP contribution in [0.3, 0.4) is 0 Å². The minimum absolute atomic E-state index is 0.522. The number of fused-ring (bicyclic) bond motifs is 1. The summed E-state index contributed by atoms with van der Waals surface area (Å²) in [7, 11) is 1.81. The Morgan fingerprint density at radius 3 is 2.81 bits per heavy atom. The predicted octanol–water partition coefficient (Wildman–Crippen LogP) is 1.46. The summed E-state index contributed by atoms with van der Waals surface area (Å²) in [5.41, 5.74) is 3.37. The monoisotopic (exact) mass is 219 g/mol. The van der Waals surface area contributed by atoms with E-state index in [-0.39, 0.29) is 0 Å². The van der Waals surface area contributed by atoms with Crippen molar-refractivity contribution in [1.82, 2.24) is 15.0 Å². The van der Waals surface area contributed by atoms with Crippen molar-refractivity contribution in [2.24, 2.45) is 7.05 Å². The summed E-state index contributed by atoms with van der Waals surface area (Å²) in [6.45, 7) is 3.55. The van der Waals surface area contributed by atoms with E-state index < -0.39 is 11.9 Å². The summed E-state index contributed by atoms with van der Waals surface area (Å²) in [5.74, 6) is -1.35. The highest BCUT2D eigenvalue weighted by Gasteiger charge is 2.18. The maximum absolute atomic E-state index is 11.0. The summed E-state index contributed by atoms with van der Waals surface area (Å²) < 4.78 is 1.68. The van der Waals surface area contributed by atoms with Crippen molar-refractivity contribution < 1.29 is 9.90 Å². The fourth-order valence-electron chi connectivity index (χ4n) is 1.85. The van der Waals surface area contributed by atoms with Gasteiger partial charge in [0.25, 0.3) is 0 Å². The minimum atomic E-state index is -0.827. The molecule has 0 aliphatic carbocycles. The minimum Gasteiger partial charge on any atom is -0.481 e. The zero-order valence-corrected chi connectivity index (χ0v) is 9.43. The number of rotatable bonds is 2. The number of aromatic nitrogens is 3. The number of carbonyl (C=O) groups is 1. The maximum atomic E-state index is 11.0. The quantitative estimate of drug-likeness (QED) is 0.830. The molecular formula is C11H13N3O2. The van der Waals surface area contributed by atoms with Crippen LogP contribution in [-0.4, -0.2) is 26.1 Å². The van der Waals surface area contributed by atoms with Gasteiger partial charge in [-0.2, -0.15) is 0 Å². The van der Waals surface area contributed by atoms with Crippen LogP contribution in [0, 0.1) is 6.92 Å². The molecule has 0 amide bonds. The van der Waals surface area contributed by atoms with E-state index in [1.54, 1.807) is 11.6 Å². The van der Waals surface area contributed by atoms with Gasteiger partial charge in [-0.1, -0.05) is 11.3 Å². The summed E-state index contributed by atoms with van der Waals surface area (Å²) in [6, 6.07) is 3.69. The van der Waals surface area contributed by atoms with Gasteiger partial charge in [-0.05, 0) is 31.0 Å². The third kappa shape index (κ3) is 1.44. The van der Waals surface area contributed by atoms with Crippen LogP contribution in [0.25, 0.3) is 11.0 Å². The molecule has 84 valence electrons. The van der Waals surface area contributed by atoms with Gasteiger partial charge in [-0.25, -0.2) is 4.68 Å². The van der Waals surface area contributed by atoms with Gasteiger partial charge in [0, 0.05) is 7.05 Å². The highest BCUT2D eigenvalue weighted by Crippen LogP contribution is 2.25. The largest absolute Gasteiger partial charge is 0.481 e. The molecule has 1 heterocycles. The molecule has 0 radical (unpaired) electrons. The van der Waals surface area contributed by atoms with Crippen LogP contribution in [-0.2, 0) is 11.8 Å². The Kier molecular flexibility index (Phi) is 2.38. The van der Waals surface area contributed by atoms with E-state index in [4.69, 9.17) is 5.11 Å². The number of aliphatic carboxylic acids is 1. The van der Waals surface area contributed by atoms with E-state index in [1.165, 1.54) is 0 Å². The molecule has 0 saturated carbocycles. The number of nitrogens with zero attached hydrogens (tertiary/aromatic N) is 3. The molecule has 2 aromatic rings. The van der Waals surface area contributed by atoms with Gasteiger partial charge in [-0.3, -0.25) is 4.79 Å². The summed E-state index contributed by atoms with van der Waals surface area (Å²) >= 11 is 0. The highest BCUT2D eigenvalue weighted by atomic mass is 16.4. The van der Waals surface area contributed by atoms with Crippen LogP contribution in [0.1, 0.15) is 24.0 Å². The summed E-state index contributed by atoms with van der Waals surface area (Å²) in [5, 5.41) is 17.0. The van der Waals surface area contributed by atoms with Gasteiger partial charge in [0.2, 0.25) is 0 Å². The molecule has 0 bridgehead atoms. The molecule has 0 aliphatic rings. The molecule has 0 saturated heterocycles. The molecule has 2 rings (SSSR count). The van der Waals surface area contributed by atoms with Crippen molar-refractivity contribution in [3.05, 3.63) is 23.3 Å². The van der Waals surface area contributed by atoms with Crippen molar-refractivity contribution in [2.75, 3.05) is 0 Å². The second kappa shape index (κ2) is 3.59. The lowest BCUT2D eigenvalue weighted by atomic mass is 9.95. The lowest BCUT2D eigenvalue weighted by molar-refractivity contribution is -0.138. The van der Waals surface area contributed by atoms with Crippen LogP contribution < -0.4 is 0 Å². The normalized spacial score (nSPS) is 12.9. The van der Waals surface area contributed by atoms with Gasteiger partial charge in [-0.15, -0.1) is 5.10 Å². The molecule has 1 N–H and O–H groups in total. The van der Waals surface area contributed by atoms with Gasteiger partial charge < -0.3 is 5.11 Å². The standard InChI is InChI=1S/C11H13N3O2/c1-6-8(7(2)11(15)16)4-5-9-10(6)12-13-14(9)3/h4-5,7H,1-3H3,(H,15,16). The van der Waals surface area contributed by atoms with E-state index >= 15 is 0 Å². The first-order valence-corrected chi connectivity index (χ1v) is 5.04. The molecule has 1 unspecified atom stereocenters. The van der Waals surface area contributed by atoms with Crippen LogP contribution >= 0.6 is 0 Å². The van der Waals surface area contributed by atoms with Crippen molar-refractivity contribution in [3.8, 4) is 0 Å². The summed E-state index contributed by atoms with van der Waals surface area (Å²) in [6.07, 6.45) is 0. The smallest absolute Gasteiger partial charge is 0.310 e. The average molecular weight is 219 g/mol. The van der Waals surface area contributed by atoms with E-state index in [2.05, 4.69) is 10.3 Å². The molecule has 5 heteroatoms. The molecule has 1 aromatic carbocycles. The number of hydrogen-bond acceptors (Lipinski definition) is 3. The fraction of sp³-hybridized carbons (Fsp3) is 0.364. The van der Waals surface area contributed by atoms with Gasteiger partial charge in [0.05, 0.1) is 11.4 Å². The van der Waals surface area contributed by atoms with E-state index in [9.17, 15) is 4.79 Å². The number of benzene rings is 1. The van der Waals surface area contributed by atoms with E-state index in [1.807, 2.05) is 26.1 Å². The Labute approximate surface area is 92.7 Å². The van der Waals surface area contributed by atoms with Gasteiger partial charge in [0.15, 0.2) is 0 Å². The lowest BCUT2D eigenvalue weighted by Gasteiger charge is -2.10. The Balaban J connectivity index is 2.65. The van der Waals surface area contributed by atoms with Crippen LogP contribution in [0.2, 0.25) is 0 Å². The van der Waals surface area contributed by atoms with Crippen LogP contribution in [0.5, 0.6) is 0 Å². The van der Waals surface area contributed by atoms with E-state index in [0.29, 0.717) is 0 Å². The number of carboxylic acid groups (broad SMARTS) is 1. The fourth-order valence-corrected chi connectivity index (χ4v) is 1.85. The Hall–Kier alpha value is -1.91. The highest BCUT2D eigenvalue weighted by molar-refractivity contribution is 5.83. The first-order valence-electron chi connectivity index (χ1n) is 5.04. The van der Waals surface area contributed by atoms with Crippen LogP contribution in [0.4, 0.5) is 0 Å². The topological polar surface area (TPSA) is 68.0 Å². The molecular weight excluding hydrogens is 206 g/mol. The third-order valence-corrected chi connectivity index (χ3v) is 2.92. The van der Waals surface area contributed by atoms with Crippen molar-refractivity contribution in [1.29, 1.82) is 0 Å². The third-order valence-electron chi connectivity index (χ3n) is 2.92. The molecule has 0 fully saturated rings.